The first-order valence-electron chi connectivity index (χ1n) is 13.3. The number of aromatic nitrogens is 1. The van der Waals surface area contributed by atoms with Crippen LogP contribution in [0.25, 0.3) is 0 Å². The lowest BCUT2D eigenvalue weighted by atomic mass is 9.78. The van der Waals surface area contributed by atoms with Gasteiger partial charge in [-0.25, -0.2) is 4.39 Å². The monoisotopic (exact) mass is 506 g/mol. The molecule has 2 heterocycles. The number of hydrazine groups is 1. The largest absolute Gasteiger partial charge is 0.349 e. The van der Waals surface area contributed by atoms with Gasteiger partial charge in [-0.15, -0.1) is 0 Å². The molecule has 0 bridgehead atoms. The summed E-state index contributed by atoms with van der Waals surface area (Å²) in [4.78, 5) is 17.2. The van der Waals surface area contributed by atoms with Crippen LogP contribution in [0.3, 0.4) is 0 Å². The number of hydrogen-bond donors (Lipinski definition) is 2. The molecule has 3 atom stereocenters. The second kappa shape index (κ2) is 10.3. The van der Waals surface area contributed by atoms with Gasteiger partial charge in [0.25, 0.3) is 0 Å². The molecule has 0 spiro atoms. The first-order chi connectivity index (χ1) is 18.6. The molecule has 0 saturated heterocycles. The normalized spacial score (nSPS) is 20.7. The second-order valence-corrected chi connectivity index (χ2v) is 10.3. The molecule has 0 radical (unpaired) electrons. The Balaban J connectivity index is 1.24. The van der Waals surface area contributed by atoms with Gasteiger partial charge in [0.2, 0.25) is 5.91 Å². The quantitative estimate of drug-likeness (QED) is 0.403. The number of halogens is 1. The zero-order chi connectivity index (χ0) is 26.1. The maximum absolute atomic E-state index is 13.5. The van der Waals surface area contributed by atoms with Crippen LogP contribution in [0.4, 0.5) is 10.1 Å². The van der Waals surface area contributed by atoms with E-state index in [0.29, 0.717) is 12.3 Å². The Kier molecular flexibility index (Phi) is 6.54. The summed E-state index contributed by atoms with van der Waals surface area (Å²) in [5, 5.41) is 5.36. The SMILES string of the molecule is C[C@H]1C2=CNN(c3ccc(F)cc3)C2=CC2=C1[C@@H](CC(NC(=O)Cc1cccnc1)c1ccccc1)CC2. The van der Waals surface area contributed by atoms with E-state index in [9.17, 15) is 9.18 Å². The molecule has 1 unspecified atom stereocenters. The van der Waals surface area contributed by atoms with E-state index in [1.54, 1.807) is 24.5 Å². The number of hydrogen-bond acceptors (Lipinski definition) is 4. The van der Waals surface area contributed by atoms with Crippen molar-refractivity contribution in [3.63, 3.8) is 0 Å². The lowest BCUT2D eigenvalue weighted by molar-refractivity contribution is -0.121. The molecule has 0 saturated carbocycles. The Labute approximate surface area is 222 Å². The number of rotatable bonds is 7. The van der Waals surface area contributed by atoms with Gasteiger partial charge < -0.3 is 10.7 Å². The van der Waals surface area contributed by atoms with Crippen LogP contribution in [-0.4, -0.2) is 10.9 Å². The van der Waals surface area contributed by atoms with Crippen molar-refractivity contribution in [3.8, 4) is 0 Å². The van der Waals surface area contributed by atoms with E-state index in [2.05, 4.69) is 47.1 Å². The number of pyridine rings is 1. The molecular formula is C32H31FN4O. The zero-order valence-electron chi connectivity index (χ0n) is 21.4. The van der Waals surface area contributed by atoms with Crippen LogP contribution in [0, 0.1) is 17.7 Å². The average Bonchev–Trinajstić information content (AvgIpc) is 3.55. The third-order valence-electron chi connectivity index (χ3n) is 7.93. The van der Waals surface area contributed by atoms with Crippen LogP contribution < -0.4 is 15.8 Å². The van der Waals surface area contributed by atoms with Gasteiger partial charge in [-0.3, -0.25) is 14.8 Å². The first-order valence-corrected chi connectivity index (χ1v) is 13.3. The highest BCUT2D eigenvalue weighted by molar-refractivity contribution is 5.79. The molecule has 2 aliphatic carbocycles. The minimum absolute atomic E-state index is 0.00979. The minimum atomic E-state index is -0.240. The van der Waals surface area contributed by atoms with Gasteiger partial charge in [0.05, 0.1) is 23.8 Å². The van der Waals surface area contributed by atoms with Gasteiger partial charge in [-0.05, 0) is 78.3 Å². The van der Waals surface area contributed by atoms with Crippen molar-refractivity contribution in [2.24, 2.45) is 11.8 Å². The molecule has 38 heavy (non-hydrogen) atoms. The van der Waals surface area contributed by atoms with Crippen molar-refractivity contribution in [1.29, 1.82) is 0 Å². The minimum Gasteiger partial charge on any atom is -0.349 e. The molecule has 192 valence electrons. The van der Waals surface area contributed by atoms with Crippen molar-refractivity contribution >= 4 is 11.6 Å². The Morgan fingerprint density at radius 3 is 2.71 bits per heavy atom. The summed E-state index contributed by atoms with van der Waals surface area (Å²) in [6.07, 6.45) is 11.1. The van der Waals surface area contributed by atoms with Gasteiger partial charge in [0.15, 0.2) is 0 Å². The smallest absolute Gasteiger partial charge is 0.224 e. The summed E-state index contributed by atoms with van der Waals surface area (Å²) in [7, 11) is 0. The molecule has 6 heteroatoms. The summed E-state index contributed by atoms with van der Waals surface area (Å²) in [5.41, 5.74) is 11.6. The van der Waals surface area contributed by atoms with Crippen LogP contribution in [0.5, 0.6) is 0 Å². The van der Waals surface area contributed by atoms with E-state index in [1.165, 1.54) is 28.9 Å². The Bertz CT molecular complexity index is 1410. The summed E-state index contributed by atoms with van der Waals surface area (Å²) in [6.45, 7) is 2.28. The Hall–Kier alpha value is -4.19. The Morgan fingerprint density at radius 1 is 1.13 bits per heavy atom. The molecule has 1 aliphatic heterocycles. The number of fused-ring (bicyclic) bond motifs is 1. The Morgan fingerprint density at radius 2 is 1.95 bits per heavy atom. The van der Waals surface area contributed by atoms with E-state index >= 15 is 0 Å². The average molecular weight is 507 g/mol. The third kappa shape index (κ3) is 4.74. The fraction of sp³-hybridized carbons (Fsp3) is 0.250. The van der Waals surface area contributed by atoms with Crippen LogP contribution >= 0.6 is 0 Å². The highest BCUT2D eigenvalue weighted by Gasteiger charge is 2.39. The summed E-state index contributed by atoms with van der Waals surface area (Å²) in [5.74, 6) is 0.409. The molecule has 2 aromatic carbocycles. The summed E-state index contributed by atoms with van der Waals surface area (Å²) in [6, 6.07) is 20.6. The predicted octanol–water partition coefficient (Wildman–Crippen LogP) is 6.16. The van der Waals surface area contributed by atoms with Crippen LogP contribution in [0.15, 0.2) is 114 Å². The fourth-order valence-corrected chi connectivity index (χ4v) is 6.14. The standard InChI is InChI=1S/C32H31FN4O/c1-21-28-20-35-37(27-13-11-26(33)12-14-27)30(28)18-25-10-9-24(32(21)25)17-29(23-7-3-2-4-8-23)36-31(38)16-22-6-5-15-34-19-22/h2-8,11-15,18-21,24,29,35H,9-10,16-17H2,1H3,(H,36,38)/t21-,24+,29?/m0/s1. The number of benzene rings is 2. The van der Waals surface area contributed by atoms with Crippen LogP contribution in [0.1, 0.15) is 43.4 Å². The number of allylic oxidation sites excluding steroid dienone is 4. The summed E-state index contributed by atoms with van der Waals surface area (Å²) >= 11 is 0. The van der Waals surface area contributed by atoms with E-state index in [0.717, 1.165) is 41.8 Å². The number of nitrogens with zero attached hydrogens (tertiary/aromatic N) is 2. The molecule has 6 rings (SSSR count). The maximum atomic E-state index is 13.5. The first kappa shape index (κ1) is 24.2. The fourth-order valence-electron chi connectivity index (χ4n) is 6.14. The molecule has 1 aromatic heterocycles. The molecule has 3 aliphatic rings. The van der Waals surface area contributed by atoms with Gasteiger partial charge in [-0.1, -0.05) is 48.9 Å². The van der Waals surface area contributed by atoms with Crippen LogP contribution in [0.2, 0.25) is 0 Å². The predicted molar refractivity (Wildman–Crippen MR) is 147 cm³/mol. The zero-order valence-corrected chi connectivity index (χ0v) is 21.4. The number of carbonyl (C=O) groups is 1. The number of carbonyl (C=O) groups excluding carboxylic acids is 1. The lowest BCUT2D eigenvalue weighted by Gasteiger charge is -2.31. The molecule has 5 nitrogen and oxygen atoms in total. The topological polar surface area (TPSA) is 57.3 Å². The van der Waals surface area contributed by atoms with Crippen molar-refractivity contribution in [3.05, 3.63) is 131 Å². The van der Waals surface area contributed by atoms with Gasteiger partial charge in [-0.2, -0.15) is 0 Å². The molecular weight excluding hydrogens is 475 g/mol. The van der Waals surface area contributed by atoms with Crippen molar-refractivity contribution in [2.75, 3.05) is 5.01 Å². The van der Waals surface area contributed by atoms with Gasteiger partial charge in [0.1, 0.15) is 5.82 Å². The molecule has 3 aromatic rings. The summed E-state index contributed by atoms with van der Waals surface area (Å²) < 4.78 is 13.5. The maximum Gasteiger partial charge on any atom is 0.224 e. The number of amides is 1. The third-order valence-corrected chi connectivity index (χ3v) is 7.93. The van der Waals surface area contributed by atoms with E-state index in [1.807, 2.05) is 35.3 Å². The van der Waals surface area contributed by atoms with Crippen molar-refractivity contribution < 1.29 is 9.18 Å². The lowest BCUT2D eigenvalue weighted by Crippen LogP contribution is -2.32. The van der Waals surface area contributed by atoms with Crippen LogP contribution in [-0.2, 0) is 11.2 Å². The number of anilines is 1. The van der Waals surface area contributed by atoms with E-state index in [-0.39, 0.29) is 23.7 Å². The van der Waals surface area contributed by atoms with E-state index < -0.39 is 0 Å². The van der Waals surface area contributed by atoms with Gasteiger partial charge in [0, 0.05) is 30.1 Å². The molecule has 0 fully saturated rings. The highest BCUT2D eigenvalue weighted by atomic mass is 19.1. The van der Waals surface area contributed by atoms with E-state index in [4.69, 9.17) is 0 Å². The molecule has 2 N–H and O–H groups in total. The van der Waals surface area contributed by atoms with Crippen molar-refractivity contribution in [1.82, 2.24) is 15.7 Å². The van der Waals surface area contributed by atoms with Crippen molar-refractivity contribution in [2.45, 2.75) is 38.6 Å². The molecule has 1 amide bonds. The number of nitrogens with one attached hydrogen (secondary N) is 2. The highest BCUT2D eigenvalue weighted by Crippen LogP contribution is 2.49. The second-order valence-electron chi connectivity index (χ2n) is 10.3. The van der Waals surface area contributed by atoms with Gasteiger partial charge >= 0.3 is 0 Å².